The van der Waals surface area contributed by atoms with Crippen molar-refractivity contribution in [3.8, 4) is 17.2 Å². The molecule has 2 bridgehead atoms. The molecule has 3 heteroatoms. The van der Waals surface area contributed by atoms with Crippen LogP contribution in [0.1, 0.15) is 45.2 Å². The summed E-state index contributed by atoms with van der Waals surface area (Å²) < 4.78 is 0. The Morgan fingerprint density at radius 2 is 1.17 bits per heavy atom. The predicted molar refractivity (Wildman–Crippen MR) is 86.2 cm³/mol. The number of phenolic OH excluding ortho intramolecular Hbond substituents is 3. The van der Waals surface area contributed by atoms with Crippen LogP contribution in [0.25, 0.3) is 0 Å². The molecule has 0 heterocycles. The molecular formula is C20H14O3. The topological polar surface area (TPSA) is 60.7 Å². The summed E-state index contributed by atoms with van der Waals surface area (Å²) in [6, 6.07) is 16.5. The lowest BCUT2D eigenvalue weighted by Crippen LogP contribution is -2.27. The highest BCUT2D eigenvalue weighted by atomic mass is 16.3. The van der Waals surface area contributed by atoms with Crippen molar-refractivity contribution in [2.75, 3.05) is 0 Å². The van der Waals surface area contributed by atoms with Crippen LogP contribution in [0.15, 0.2) is 54.6 Å². The van der Waals surface area contributed by atoms with Crippen molar-refractivity contribution in [2.24, 2.45) is 0 Å². The average Bonchev–Trinajstić information content (AvgIpc) is 2.54. The summed E-state index contributed by atoms with van der Waals surface area (Å²) in [7, 11) is 0. The average molecular weight is 302 g/mol. The van der Waals surface area contributed by atoms with E-state index < -0.39 is 0 Å². The Bertz CT molecular complexity index is 918. The van der Waals surface area contributed by atoms with Crippen LogP contribution in [0.2, 0.25) is 0 Å². The molecule has 0 saturated heterocycles. The third-order valence-corrected chi connectivity index (χ3v) is 5.13. The second-order valence-corrected chi connectivity index (χ2v) is 6.24. The number of benzene rings is 3. The van der Waals surface area contributed by atoms with E-state index in [0.717, 1.165) is 33.4 Å². The van der Waals surface area contributed by atoms with Crippen LogP contribution in [0.3, 0.4) is 0 Å². The van der Waals surface area contributed by atoms with Gasteiger partial charge in [-0.1, -0.05) is 30.3 Å². The quantitative estimate of drug-likeness (QED) is 0.408. The Hall–Kier alpha value is -2.94. The zero-order chi connectivity index (χ0) is 15.7. The van der Waals surface area contributed by atoms with Gasteiger partial charge in [0.1, 0.15) is 17.2 Å². The third kappa shape index (κ3) is 1.44. The van der Waals surface area contributed by atoms with E-state index in [1.54, 1.807) is 24.3 Å². The number of hydrogen-bond acceptors (Lipinski definition) is 3. The van der Waals surface area contributed by atoms with Gasteiger partial charge in [-0.15, -0.1) is 0 Å². The van der Waals surface area contributed by atoms with Crippen LogP contribution in [0.4, 0.5) is 0 Å². The maximum Gasteiger partial charge on any atom is 0.120 e. The standard InChI is InChI=1S/C20H14O3/c21-10-7-8-11-14(9-10)17-12-3-1-5-15(22)18(12)20(11)19-13(17)4-2-6-16(19)23/h1-9,17,20-23H. The molecule has 0 radical (unpaired) electrons. The molecule has 0 atom stereocenters. The lowest BCUT2D eigenvalue weighted by Gasteiger charge is -2.42. The minimum atomic E-state index is -0.206. The van der Waals surface area contributed by atoms with Gasteiger partial charge in [0.2, 0.25) is 0 Å². The molecule has 0 aromatic heterocycles. The summed E-state index contributed by atoms with van der Waals surface area (Å²) in [5.41, 5.74) is 5.91. The molecule has 3 aromatic carbocycles. The number of rotatable bonds is 0. The monoisotopic (exact) mass is 302 g/mol. The summed E-state index contributed by atoms with van der Waals surface area (Å²) in [5, 5.41) is 30.8. The lowest BCUT2D eigenvalue weighted by atomic mass is 9.60. The molecule has 0 fully saturated rings. The van der Waals surface area contributed by atoms with Gasteiger partial charge in [-0.05, 0) is 46.5 Å². The largest absolute Gasteiger partial charge is 0.508 e. The molecule has 0 unspecified atom stereocenters. The normalized spacial score (nSPS) is 19.8. The lowest BCUT2D eigenvalue weighted by molar-refractivity contribution is 0.449. The molecule has 3 N–H and O–H groups in total. The summed E-state index contributed by atoms with van der Waals surface area (Å²) in [6.45, 7) is 0. The van der Waals surface area contributed by atoms with Crippen molar-refractivity contribution in [1.82, 2.24) is 0 Å². The fourth-order valence-electron chi connectivity index (χ4n) is 4.31. The van der Waals surface area contributed by atoms with Crippen LogP contribution in [0.5, 0.6) is 17.2 Å². The Balaban J connectivity index is 1.95. The zero-order valence-electron chi connectivity index (χ0n) is 12.2. The van der Waals surface area contributed by atoms with E-state index in [1.807, 2.05) is 30.3 Å². The molecule has 3 aromatic rings. The third-order valence-electron chi connectivity index (χ3n) is 5.13. The van der Waals surface area contributed by atoms with E-state index in [1.165, 1.54) is 0 Å². The van der Waals surface area contributed by atoms with E-state index in [4.69, 9.17) is 0 Å². The molecule has 112 valence electrons. The van der Waals surface area contributed by atoms with Gasteiger partial charge in [0.15, 0.2) is 0 Å². The van der Waals surface area contributed by atoms with Gasteiger partial charge >= 0.3 is 0 Å². The first kappa shape index (κ1) is 12.6. The summed E-state index contributed by atoms with van der Waals surface area (Å²) in [5.74, 6) is 0.462. The fourth-order valence-corrected chi connectivity index (χ4v) is 4.31. The molecule has 6 rings (SSSR count). The molecule has 0 saturated carbocycles. The van der Waals surface area contributed by atoms with E-state index in [9.17, 15) is 15.3 Å². The maximum atomic E-state index is 10.4. The summed E-state index contributed by atoms with van der Waals surface area (Å²) in [4.78, 5) is 0. The zero-order valence-corrected chi connectivity index (χ0v) is 12.2. The van der Waals surface area contributed by atoms with Crippen LogP contribution >= 0.6 is 0 Å². The van der Waals surface area contributed by atoms with Crippen LogP contribution < -0.4 is 0 Å². The molecule has 0 aliphatic heterocycles. The molecule has 3 aliphatic rings. The number of phenols is 3. The highest BCUT2D eigenvalue weighted by Crippen LogP contribution is 2.59. The minimum absolute atomic E-state index is 0.0775. The molecule has 23 heavy (non-hydrogen) atoms. The van der Waals surface area contributed by atoms with Crippen LogP contribution in [-0.4, -0.2) is 15.3 Å². The molecule has 3 nitrogen and oxygen atoms in total. The second-order valence-electron chi connectivity index (χ2n) is 6.24. The molecule has 0 amide bonds. The number of hydrogen-bond donors (Lipinski definition) is 3. The van der Waals surface area contributed by atoms with Crippen molar-refractivity contribution in [1.29, 1.82) is 0 Å². The van der Waals surface area contributed by atoms with Crippen molar-refractivity contribution < 1.29 is 15.3 Å². The highest BCUT2D eigenvalue weighted by Gasteiger charge is 2.44. The summed E-state index contributed by atoms with van der Waals surface area (Å²) in [6.07, 6.45) is 0. The first-order valence-electron chi connectivity index (χ1n) is 7.63. The van der Waals surface area contributed by atoms with Crippen LogP contribution in [-0.2, 0) is 0 Å². The van der Waals surface area contributed by atoms with Crippen molar-refractivity contribution in [2.45, 2.75) is 11.8 Å². The van der Waals surface area contributed by atoms with Gasteiger partial charge in [-0.3, -0.25) is 0 Å². The van der Waals surface area contributed by atoms with E-state index in [0.29, 0.717) is 0 Å². The Morgan fingerprint density at radius 3 is 1.78 bits per heavy atom. The SMILES string of the molecule is Oc1ccc2c(c1)C1c3cccc(O)c3C2c2c(O)cccc21. The van der Waals surface area contributed by atoms with Gasteiger partial charge in [0.05, 0.1) is 0 Å². The van der Waals surface area contributed by atoms with E-state index in [-0.39, 0.29) is 29.1 Å². The summed E-state index contributed by atoms with van der Waals surface area (Å²) >= 11 is 0. The highest BCUT2D eigenvalue weighted by molar-refractivity contribution is 5.72. The van der Waals surface area contributed by atoms with Crippen LogP contribution in [0, 0.1) is 0 Å². The Morgan fingerprint density at radius 1 is 0.565 bits per heavy atom. The Kier molecular flexibility index (Phi) is 2.23. The van der Waals surface area contributed by atoms with Gasteiger partial charge in [-0.25, -0.2) is 0 Å². The van der Waals surface area contributed by atoms with Gasteiger partial charge < -0.3 is 15.3 Å². The Labute approximate surface area is 133 Å². The molecule has 3 aliphatic carbocycles. The number of aromatic hydroxyl groups is 3. The first-order valence-corrected chi connectivity index (χ1v) is 7.63. The van der Waals surface area contributed by atoms with Gasteiger partial charge in [0.25, 0.3) is 0 Å². The van der Waals surface area contributed by atoms with Crippen molar-refractivity contribution >= 4 is 0 Å². The molecular weight excluding hydrogens is 288 g/mol. The van der Waals surface area contributed by atoms with E-state index in [2.05, 4.69) is 0 Å². The van der Waals surface area contributed by atoms with Gasteiger partial charge in [0, 0.05) is 23.0 Å². The van der Waals surface area contributed by atoms with Crippen molar-refractivity contribution in [3.05, 3.63) is 88.0 Å². The van der Waals surface area contributed by atoms with Crippen molar-refractivity contribution in [3.63, 3.8) is 0 Å². The maximum absolute atomic E-state index is 10.4. The van der Waals surface area contributed by atoms with E-state index >= 15 is 0 Å². The van der Waals surface area contributed by atoms with Gasteiger partial charge in [-0.2, -0.15) is 0 Å². The first-order chi connectivity index (χ1) is 11.2. The molecule has 0 spiro atoms. The fraction of sp³-hybridized carbons (Fsp3) is 0.100. The predicted octanol–water partition coefficient (Wildman–Crippen LogP) is 3.79. The second kappa shape index (κ2) is 4.07. The smallest absolute Gasteiger partial charge is 0.120 e. The minimum Gasteiger partial charge on any atom is -0.508 e.